The highest BCUT2D eigenvalue weighted by atomic mass is 16.5. The van der Waals surface area contributed by atoms with E-state index < -0.39 is 0 Å². The topological polar surface area (TPSA) is 79.1 Å². The number of hydrogen-bond donors (Lipinski definition) is 0. The molecule has 1 atom stereocenters. The average Bonchev–Trinajstić information content (AvgIpc) is 3.52. The summed E-state index contributed by atoms with van der Waals surface area (Å²) in [5, 5.41) is 3.87. The van der Waals surface area contributed by atoms with E-state index in [1.807, 2.05) is 11.0 Å². The van der Waals surface area contributed by atoms with Crippen molar-refractivity contribution in [3.63, 3.8) is 0 Å². The highest BCUT2D eigenvalue weighted by Crippen LogP contribution is 2.16. The van der Waals surface area contributed by atoms with E-state index in [4.69, 9.17) is 9.26 Å². The lowest BCUT2D eigenvalue weighted by Crippen LogP contribution is -2.50. The summed E-state index contributed by atoms with van der Waals surface area (Å²) in [5.74, 6) is 0.483. The van der Waals surface area contributed by atoms with Gasteiger partial charge in [-0.3, -0.25) is 14.5 Å². The number of carbonyl (C=O) groups excluding carboxylic acids is 2. The lowest BCUT2D eigenvalue weighted by molar-refractivity contribution is -0.133. The van der Waals surface area contributed by atoms with Crippen LogP contribution in [0.15, 0.2) is 40.9 Å². The Labute approximate surface area is 195 Å². The van der Waals surface area contributed by atoms with Gasteiger partial charge in [0.15, 0.2) is 5.69 Å². The molecule has 2 amide bonds. The van der Waals surface area contributed by atoms with E-state index >= 15 is 0 Å². The van der Waals surface area contributed by atoms with Crippen molar-refractivity contribution in [2.24, 2.45) is 0 Å². The Bertz CT molecular complexity index is 902. The minimum absolute atomic E-state index is 0.0187. The molecule has 2 saturated heterocycles. The van der Waals surface area contributed by atoms with Crippen LogP contribution in [0.1, 0.15) is 41.1 Å². The Kier molecular flexibility index (Phi) is 8.12. The van der Waals surface area contributed by atoms with Crippen molar-refractivity contribution in [3.05, 3.63) is 53.4 Å². The van der Waals surface area contributed by atoms with Crippen LogP contribution in [0.3, 0.4) is 0 Å². The van der Waals surface area contributed by atoms with Gasteiger partial charge < -0.3 is 19.1 Å². The summed E-state index contributed by atoms with van der Waals surface area (Å²) >= 11 is 0. The molecule has 8 heteroatoms. The Balaban J connectivity index is 1.25. The van der Waals surface area contributed by atoms with Crippen LogP contribution in [0.4, 0.5) is 0 Å². The number of ether oxygens (including phenoxy) is 1. The van der Waals surface area contributed by atoms with Gasteiger partial charge in [-0.25, -0.2) is 0 Å². The van der Waals surface area contributed by atoms with E-state index in [0.717, 1.165) is 58.6 Å². The SMILES string of the molecule is Cc1cc(C(=O)N(CCC(=O)N2CCN(CCc3ccccc3)CC2)CC2CCCO2)no1. The van der Waals surface area contributed by atoms with E-state index in [1.54, 1.807) is 17.9 Å². The van der Waals surface area contributed by atoms with Gasteiger partial charge in [-0.1, -0.05) is 35.5 Å². The number of amides is 2. The molecular formula is C25H34N4O4. The molecule has 0 aliphatic carbocycles. The number of piperazine rings is 1. The fourth-order valence-corrected chi connectivity index (χ4v) is 4.48. The molecule has 0 bridgehead atoms. The number of benzene rings is 1. The van der Waals surface area contributed by atoms with Gasteiger partial charge in [0.1, 0.15) is 5.76 Å². The molecule has 2 aliphatic heterocycles. The molecule has 4 rings (SSSR count). The highest BCUT2D eigenvalue weighted by Gasteiger charge is 2.27. The fraction of sp³-hybridized carbons (Fsp3) is 0.560. The Hall–Kier alpha value is -2.71. The maximum atomic E-state index is 13.0. The fourth-order valence-electron chi connectivity index (χ4n) is 4.48. The second-order valence-corrected chi connectivity index (χ2v) is 8.92. The summed E-state index contributed by atoms with van der Waals surface area (Å²) in [6, 6.07) is 12.1. The monoisotopic (exact) mass is 454 g/mol. The number of carbonyl (C=O) groups is 2. The summed E-state index contributed by atoms with van der Waals surface area (Å²) in [5.41, 5.74) is 1.62. The lowest BCUT2D eigenvalue weighted by atomic mass is 10.1. The molecule has 178 valence electrons. The number of rotatable bonds is 9. The zero-order chi connectivity index (χ0) is 23.0. The first kappa shape index (κ1) is 23.4. The predicted molar refractivity (Wildman–Crippen MR) is 124 cm³/mol. The van der Waals surface area contributed by atoms with Crippen LogP contribution in [0.5, 0.6) is 0 Å². The minimum Gasteiger partial charge on any atom is -0.376 e. The third-order valence-corrected chi connectivity index (χ3v) is 6.46. The molecule has 0 radical (unpaired) electrons. The van der Waals surface area contributed by atoms with Crippen molar-refractivity contribution in [1.82, 2.24) is 19.9 Å². The van der Waals surface area contributed by atoms with E-state index in [-0.39, 0.29) is 23.6 Å². The molecule has 3 heterocycles. The molecular weight excluding hydrogens is 420 g/mol. The normalized spacial score (nSPS) is 19.1. The smallest absolute Gasteiger partial charge is 0.276 e. The standard InChI is InChI=1S/C25H34N4O4/c1-20-18-23(26-33-20)25(31)29(19-22-8-5-17-32-22)12-10-24(30)28-15-13-27(14-16-28)11-9-21-6-3-2-4-7-21/h2-4,6-7,18,22H,5,8-17,19H2,1H3. The molecule has 33 heavy (non-hydrogen) atoms. The molecule has 1 aromatic carbocycles. The zero-order valence-corrected chi connectivity index (χ0v) is 19.4. The second-order valence-electron chi connectivity index (χ2n) is 8.92. The van der Waals surface area contributed by atoms with Gasteiger partial charge in [-0.05, 0) is 31.7 Å². The molecule has 0 spiro atoms. The van der Waals surface area contributed by atoms with Crippen molar-refractivity contribution >= 4 is 11.8 Å². The second kappa shape index (κ2) is 11.4. The lowest BCUT2D eigenvalue weighted by Gasteiger charge is -2.35. The van der Waals surface area contributed by atoms with Crippen molar-refractivity contribution in [1.29, 1.82) is 0 Å². The largest absolute Gasteiger partial charge is 0.376 e. The van der Waals surface area contributed by atoms with Crippen molar-refractivity contribution in [3.8, 4) is 0 Å². The number of aryl methyl sites for hydroxylation is 1. The first-order valence-corrected chi connectivity index (χ1v) is 12.0. The molecule has 0 saturated carbocycles. The average molecular weight is 455 g/mol. The Morgan fingerprint density at radius 2 is 1.94 bits per heavy atom. The van der Waals surface area contributed by atoms with E-state index in [1.165, 1.54) is 5.56 Å². The van der Waals surface area contributed by atoms with Crippen LogP contribution in [0.2, 0.25) is 0 Å². The first-order valence-electron chi connectivity index (χ1n) is 12.0. The number of hydrogen-bond acceptors (Lipinski definition) is 6. The van der Waals surface area contributed by atoms with Gasteiger partial charge in [0.25, 0.3) is 5.91 Å². The van der Waals surface area contributed by atoms with Crippen LogP contribution < -0.4 is 0 Å². The van der Waals surface area contributed by atoms with Gasteiger partial charge >= 0.3 is 0 Å². The molecule has 2 fully saturated rings. The van der Waals surface area contributed by atoms with Gasteiger partial charge in [0.2, 0.25) is 5.91 Å². The summed E-state index contributed by atoms with van der Waals surface area (Å²) in [7, 11) is 0. The van der Waals surface area contributed by atoms with Crippen molar-refractivity contribution in [2.45, 2.75) is 38.7 Å². The third kappa shape index (κ3) is 6.65. The molecule has 1 unspecified atom stereocenters. The molecule has 2 aliphatic rings. The molecule has 8 nitrogen and oxygen atoms in total. The van der Waals surface area contributed by atoms with Gasteiger partial charge in [-0.15, -0.1) is 0 Å². The van der Waals surface area contributed by atoms with E-state index in [9.17, 15) is 9.59 Å². The van der Waals surface area contributed by atoms with Gasteiger partial charge in [0, 0.05) is 64.9 Å². The van der Waals surface area contributed by atoms with Gasteiger partial charge in [0.05, 0.1) is 6.10 Å². The van der Waals surface area contributed by atoms with E-state index in [2.05, 4.69) is 34.3 Å². The van der Waals surface area contributed by atoms with Crippen molar-refractivity contribution in [2.75, 3.05) is 52.4 Å². The molecule has 1 aromatic heterocycles. The number of nitrogens with zero attached hydrogens (tertiary/aromatic N) is 4. The maximum Gasteiger partial charge on any atom is 0.276 e. The number of aromatic nitrogens is 1. The van der Waals surface area contributed by atoms with Gasteiger partial charge in [-0.2, -0.15) is 0 Å². The quantitative estimate of drug-likeness (QED) is 0.579. The van der Waals surface area contributed by atoms with Crippen LogP contribution in [0, 0.1) is 6.92 Å². The summed E-state index contributed by atoms with van der Waals surface area (Å²) in [4.78, 5) is 31.9. The minimum atomic E-state index is -0.208. The van der Waals surface area contributed by atoms with E-state index in [0.29, 0.717) is 25.3 Å². The predicted octanol–water partition coefficient (Wildman–Crippen LogP) is 2.38. The molecule has 2 aromatic rings. The highest BCUT2D eigenvalue weighted by molar-refractivity contribution is 5.92. The summed E-state index contributed by atoms with van der Waals surface area (Å²) < 4.78 is 10.8. The first-order chi connectivity index (χ1) is 16.1. The zero-order valence-electron chi connectivity index (χ0n) is 19.4. The van der Waals surface area contributed by atoms with Crippen molar-refractivity contribution < 1.29 is 18.8 Å². The van der Waals surface area contributed by atoms with Crippen LogP contribution in [0.25, 0.3) is 0 Å². The van der Waals surface area contributed by atoms with Crippen LogP contribution in [-0.4, -0.2) is 90.2 Å². The maximum absolute atomic E-state index is 13.0. The Morgan fingerprint density at radius 1 is 1.15 bits per heavy atom. The summed E-state index contributed by atoms with van der Waals surface area (Å²) in [6.45, 7) is 7.56. The molecule has 0 N–H and O–H groups in total. The summed E-state index contributed by atoms with van der Waals surface area (Å²) in [6.07, 6.45) is 3.28. The Morgan fingerprint density at radius 3 is 2.61 bits per heavy atom. The van der Waals surface area contributed by atoms with Crippen LogP contribution >= 0.6 is 0 Å². The van der Waals surface area contributed by atoms with Crippen LogP contribution in [-0.2, 0) is 16.0 Å². The third-order valence-electron chi connectivity index (χ3n) is 6.46.